The summed E-state index contributed by atoms with van der Waals surface area (Å²) in [4.78, 5) is 37.5. The van der Waals surface area contributed by atoms with Crippen molar-refractivity contribution in [2.45, 2.75) is 239 Å². The van der Waals surface area contributed by atoms with E-state index in [1.165, 1.54) is 109 Å². The molecule has 6 nitrogen and oxygen atoms in total. The highest BCUT2D eigenvalue weighted by atomic mass is 16.6. The van der Waals surface area contributed by atoms with Gasteiger partial charge >= 0.3 is 17.9 Å². The Morgan fingerprint density at radius 3 is 1.15 bits per heavy atom. The number of allylic oxidation sites excluding steroid dienone is 6. The van der Waals surface area contributed by atoms with Crippen molar-refractivity contribution in [1.29, 1.82) is 0 Å². The van der Waals surface area contributed by atoms with E-state index in [-0.39, 0.29) is 31.1 Å². The van der Waals surface area contributed by atoms with E-state index < -0.39 is 6.10 Å². The van der Waals surface area contributed by atoms with E-state index in [1.807, 2.05) is 0 Å². The van der Waals surface area contributed by atoms with Crippen LogP contribution in [0.4, 0.5) is 0 Å². The van der Waals surface area contributed by atoms with Crippen molar-refractivity contribution in [3.63, 3.8) is 0 Å². The van der Waals surface area contributed by atoms with Crippen LogP contribution in [0, 0.1) is 0 Å². The second kappa shape index (κ2) is 43.4. The molecule has 0 amide bonds. The number of esters is 3. The molecule has 0 saturated heterocycles. The average molecular weight is 759 g/mol. The van der Waals surface area contributed by atoms with Gasteiger partial charge in [-0.2, -0.15) is 0 Å². The Morgan fingerprint density at radius 2 is 0.704 bits per heavy atom. The van der Waals surface area contributed by atoms with Gasteiger partial charge in [0.25, 0.3) is 0 Å². The quantitative estimate of drug-likeness (QED) is 0.0267. The predicted molar refractivity (Wildman–Crippen MR) is 229 cm³/mol. The highest BCUT2D eigenvalue weighted by molar-refractivity contribution is 5.71. The van der Waals surface area contributed by atoms with Crippen molar-refractivity contribution >= 4 is 17.9 Å². The number of unbranched alkanes of at least 4 members (excludes halogenated alkanes) is 24. The standard InChI is InChI=1S/C48H86O6/c1-4-7-10-13-16-18-20-21-22-23-24-25-26-27-28-30-32-35-38-41-47(50)53-44-45(43-52-46(49)40-37-34-31-15-12-9-6-3)54-48(51)42-39-36-33-29-19-17-14-11-8-5-2/h11,14,16,18,21-22,45H,4-10,12-13,15,17,19-20,23-44H2,1-3H3/b14-11-,18-16-,22-21-. The first kappa shape index (κ1) is 51.6. The minimum Gasteiger partial charge on any atom is -0.462 e. The van der Waals surface area contributed by atoms with Crippen molar-refractivity contribution in [3.8, 4) is 0 Å². The molecule has 1 atom stereocenters. The summed E-state index contributed by atoms with van der Waals surface area (Å²) in [5, 5.41) is 0. The van der Waals surface area contributed by atoms with E-state index in [2.05, 4.69) is 57.2 Å². The number of hydrogen-bond acceptors (Lipinski definition) is 6. The van der Waals surface area contributed by atoms with E-state index in [9.17, 15) is 14.4 Å². The molecule has 1 unspecified atom stereocenters. The second-order valence-corrected chi connectivity index (χ2v) is 15.3. The lowest BCUT2D eigenvalue weighted by atomic mass is 10.1. The van der Waals surface area contributed by atoms with Crippen LogP contribution in [0.15, 0.2) is 36.5 Å². The lowest BCUT2D eigenvalue weighted by molar-refractivity contribution is -0.167. The van der Waals surface area contributed by atoms with Gasteiger partial charge in [-0.1, -0.05) is 179 Å². The fraction of sp³-hybridized carbons (Fsp3) is 0.812. The van der Waals surface area contributed by atoms with Gasteiger partial charge in [-0.15, -0.1) is 0 Å². The summed E-state index contributed by atoms with van der Waals surface area (Å²) in [6, 6.07) is 0. The van der Waals surface area contributed by atoms with Crippen LogP contribution in [-0.2, 0) is 28.6 Å². The summed E-state index contributed by atoms with van der Waals surface area (Å²) in [5.74, 6) is -0.897. The predicted octanol–water partition coefficient (Wildman–Crippen LogP) is 14.6. The lowest BCUT2D eigenvalue weighted by Gasteiger charge is -2.18. The summed E-state index contributed by atoms with van der Waals surface area (Å²) >= 11 is 0. The SMILES string of the molecule is CCC/C=C\CCCCCCCC(=O)OC(COC(=O)CCCCCCCCC)COC(=O)CCCCCCCCCCC/C=C\C/C=C\CCCCC. The van der Waals surface area contributed by atoms with Crippen LogP contribution in [0.2, 0.25) is 0 Å². The lowest BCUT2D eigenvalue weighted by Crippen LogP contribution is -2.30. The Morgan fingerprint density at radius 1 is 0.370 bits per heavy atom. The topological polar surface area (TPSA) is 78.9 Å². The molecule has 0 rings (SSSR count). The van der Waals surface area contributed by atoms with Crippen LogP contribution >= 0.6 is 0 Å². The zero-order valence-corrected chi connectivity index (χ0v) is 35.7. The number of carbonyl (C=O) groups excluding carboxylic acids is 3. The summed E-state index contributed by atoms with van der Waals surface area (Å²) in [5.41, 5.74) is 0. The van der Waals surface area contributed by atoms with Crippen LogP contribution in [-0.4, -0.2) is 37.2 Å². The second-order valence-electron chi connectivity index (χ2n) is 15.3. The molecule has 0 aliphatic rings. The molecule has 0 aliphatic carbocycles. The molecule has 314 valence electrons. The summed E-state index contributed by atoms with van der Waals surface area (Å²) in [6.45, 7) is 6.49. The van der Waals surface area contributed by atoms with Crippen LogP contribution in [0.1, 0.15) is 233 Å². The molecule has 0 aromatic heterocycles. The van der Waals surface area contributed by atoms with Crippen LogP contribution in [0.25, 0.3) is 0 Å². The number of carbonyl (C=O) groups is 3. The van der Waals surface area contributed by atoms with Gasteiger partial charge in [0.2, 0.25) is 0 Å². The fourth-order valence-electron chi connectivity index (χ4n) is 6.36. The molecule has 0 bridgehead atoms. The molecule has 0 radical (unpaired) electrons. The minimum atomic E-state index is -0.771. The smallest absolute Gasteiger partial charge is 0.306 e. The first-order valence-corrected chi connectivity index (χ1v) is 23.0. The number of rotatable bonds is 41. The Hall–Kier alpha value is -2.37. The van der Waals surface area contributed by atoms with E-state index in [1.54, 1.807) is 0 Å². The molecular formula is C48H86O6. The minimum absolute atomic E-state index is 0.0759. The molecule has 0 saturated carbocycles. The molecule has 0 fully saturated rings. The number of hydrogen-bond donors (Lipinski definition) is 0. The molecule has 0 aromatic carbocycles. The van der Waals surface area contributed by atoms with E-state index in [0.29, 0.717) is 19.3 Å². The first-order valence-electron chi connectivity index (χ1n) is 23.0. The van der Waals surface area contributed by atoms with Gasteiger partial charge in [-0.05, 0) is 70.6 Å². The Bertz CT molecular complexity index is 922. The third-order valence-electron chi connectivity index (χ3n) is 9.85. The Kier molecular flexibility index (Phi) is 41.5. The zero-order valence-electron chi connectivity index (χ0n) is 35.7. The zero-order chi connectivity index (χ0) is 39.4. The largest absolute Gasteiger partial charge is 0.462 e. The van der Waals surface area contributed by atoms with Gasteiger partial charge in [0.1, 0.15) is 13.2 Å². The van der Waals surface area contributed by atoms with Crippen molar-refractivity contribution in [3.05, 3.63) is 36.5 Å². The molecule has 0 heterocycles. The van der Waals surface area contributed by atoms with Crippen LogP contribution in [0.5, 0.6) is 0 Å². The Balaban J connectivity index is 4.22. The van der Waals surface area contributed by atoms with Gasteiger partial charge in [-0.3, -0.25) is 14.4 Å². The first-order chi connectivity index (χ1) is 26.5. The molecule has 0 aliphatic heterocycles. The normalized spacial score (nSPS) is 12.3. The maximum absolute atomic E-state index is 12.6. The fourth-order valence-corrected chi connectivity index (χ4v) is 6.36. The van der Waals surface area contributed by atoms with Crippen molar-refractivity contribution in [1.82, 2.24) is 0 Å². The summed E-state index contributed by atoms with van der Waals surface area (Å²) in [6.07, 6.45) is 48.6. The van der Waals surface area contributed by atoms with Crippen LogP contribution in [0.3, 0.4) is 0 Å². The molecule has 0 spiro atoms. The van der Waals surface area contributed by atoms with Gasteiger partial charge in [0.15, 0.2) is 6.10 Å². The molecule has 54 heavy (non-hydrogen) atoms. The maximum Gasteiger partial charge on any atom is 0.306 e. The maximum atomic E-state index is 12.6. The van der Waals surface area contributed by atoms with E-state index in [0.717, 1.165) is 83.5 Å². The molecular weight excluding hydrogens is 673 g/mol. The van der Waals surface area contributed by atoms with Crippen molar-refractivity contribution < 1.29 is 28.6 Å². The molecule has 0 N–H and O–H groups in total. The van der Waals surface area contributed by atoms with Crippen molar-refractivity contribution in [2.75, 3.05) is 13.2 Å². The Labute approximate surface area is 334 Å². The van der Waals surface area contributed by atoms with Gasteiger partial charge < -0.3 is 14.2 Å². The molecule has 6 heteroatoms. The van der Waals surface area contributed by atoms with Gasteiger partial charge in [0, 0.05) is 19.3 Å². The van der Waals surface area contributed by atoms with Crippen molar-refractivity contribution in [2.24, 2.45) is 0 Å². The third-order valence-corrected chi connectivity index (χ3v) is 9.85. The third kappa shape index (κ3) is 40.8. The van der Waals surface area contributed by atoms with E-state index in [4.69, 9.17) is 14.2 Å². The monoisotopic (exact) mass is 759 g/mol. The number of ether oxygens (including phenoxy) is 3. The molecule has 0 aromatic rings. The average Bonchev–Trinajstić information content (AvgIpc) is 3.17. The van der Waals surface area contributed by atoms with E-state index >= 15 is 0 Å². The summed E-state index contributed by atoms with van der Waals surface area (Å²) < 4.78 is 16.6. The highest BCUT2D eigenvalue weighted by Gasteiger charge is 2.19. The highest BCUT2D eigenvalue weighted by Crippen LogP contribution is 2.14. The van der Waals surface area contributed by atoms with Crippen LogP contribution < -0.4 is 0 Å². The van der Waals surface area contributed by atoms with Gasteiger partial charge in [0.05, 0.1) is 0 Å². The van der Waals surface area contributed by atoms with Gasteiger partial charge in [-0.25, -0.2) is 0 Å². The summed E-state index contributed by atoms with van der Waals surface area (Å²) in [7, 11) is 0.